The van der Waals surface area contributed by atoms with Gasteiger partial charge < -0.3 is 11.1 Å². The van der Waals surface area contributed by atoms with Crippen molar-refractivity contribution in [3.63, 3.8) is 0 Å². The van der Waals surface area contributed by atoms with Gasteiger partial charge in [-0.25, -0.2) is 0 Å². The highest BCUT2D eigenvalue weighted by Gasteiger charge is 2.09. The van der Waals surface area contributed by atoms with Crippen LogP contribution >= 0.6 is 0 Å². The smallest absolute Gasteiger partial charge is 0.0540 e. The Morgan fingerprint density at radius 2 is 1.79 bits per heavy atom. The highest BCUT2D eigenvalue weighted by molar-refractivity contribution is 5.35. The minimum atomic E-state index is 0.592. The minimum Gasteiger partial charge on any atom is -0.314 e. The molecule has 75 valence electrons. The third-order valence-corrected chi connectivity index (χ3v) is 2.57. The fourth-order valence-electron chi connectivity index (χ4n) is 1.74. The highest BCUT2D eigenvalue weighted by atomic mass is 15.2. The second-order valence-electron chi connectivity index (χ2n) is 3.72. The summed E-state index contributed by atoms with van der Waals surface area (Å²) in [4.78, 5) is 2.44. The normalized spacial score (nSPS) is 18.3. The van der Waals surface area contributed by atoms with Gasteiger partial charge in [0.25, 0.3) is 0 Å². The molecular weight excluding hydrogens is 174 g/mol. The molecular formula is C11H16N3. The number of nitrogens with one attached hydrogen (secondary N) is 2. The van der Waals surface area contributed by atoms with E-state index in [2.05, 4.69) is 10.2 Å². The molecule has 2 N–H and O–H groups in total. The van der Waals surface area contributed by atoms with Crippen LogP contribution in [0.1, 0.15) is 5.56 Å². The molecule has 0 bridgehead atoms. The summed E-state index contributed by atoms with van der Waals surface area (Å²) in [7, 11) is 0. The SMILES string of the molecule is [NH]c1ccc(CN2CCNCC2)cc1. The summed E-state index contributed by atoms with van der Waals surface area (Å²) in [6, 6.07) is 7.81. The monoisotopic (exact) mass is 190 g/mol. The molecule has 1 aromatic rings. The molecule has 3 heteroatoms. The van der Waals surface area contributed by atoms with E-state index >= 15 is 0 Å². The molecule has 0 spiro atoms. The standard InChI is InChI=1S/C11H16N3/c12-11-3-1-10(2-4-11)9-14-7-5-13-6-8-14/h1-4,12-13H,5-9H2. The van der Waals surface area contributed by atoms with E-state index in [4.69, 9.17) is 5.73 Å². The van der Waals surface area contributed by atoms with Gasteiger partial charge in [-0.05, 0) is 17.7 Å². The van der Waals surface area contributed by atoms with Crippen LogP contribution in [0.25, 0.3) is 0 Å². The number of hydrogen-bond donors (Lipinski definition) is 1. The average Bonchev–Trinajstić information content (AvgIpc) is 2.23. The van der Waals surface area contributed by atoms with Crippen molar-refractivity contribution in [2.24, 2.45) is 0 Å². The molecule has 3 nitrogen and oxygen atoms in total. The predicted octanol–water partition coefficient (Wildman–Crippen LogP) is 1.01. The molecule has 0 saturated carbocycles. The molecule has 0 amide bonds. The summed E-state index contributed by atoms with van der Waals surface area (Å²) in [6.07, 6.45) is 0. The molecule has 1 radical (unpaired) electrons. The molecule has 0 aliphatic carbocycles. The van der Waals surface area contributed by atoms with Crippen LogP contribution in [0.5, 0.6) is 0 Å². The lowest BCUT2D eigenvalue weighted by molar-refractivity contribution is 0.233. The maximum Gasteiger partial charge on any atom is 0.0540 e. The Hall–Kier alpha value is -1.06. The van der Waals surface area contributed by atoms with Gasteiger partial charge in [0.05, 0.1) is 5.69 Å². The first-order valence-corrected chi connectivity index (χ1v) is 5.08. The molecule has 1 aliphatic heterocycles. The zero-order chi connectivity index (χ0) is 9.80. The van der Waals surface area contributed by atoms with Crippen molar-refractivity contribution in [2.45, 2.75) is 6.54 Å². The van der Waals surface area contributed by atoms with Gasteiger partial charge in [0.15, 0.2) is 0 Å². The minimum absolute atomic E-state index is 0.592. The Morgan fingerprint density at radius 3 is 2.43 bits per heavy atom. The number of benzene rings is 1. The zero-order valence-corrected chi connectivity index (χ0v) is 8.29. The topological polar surface area (TPSA) is 39.1 Å². The second kappa shape index (κ2) is 4.44. The second-order valence-corrected chi connectivity index (χ2v) is 3.72. The molecule has 1 heterocycles. The van der Waals surface area contributed by atoms with E-state index < -0.39 is 0 Å². The first-order valence-electron chi connectivity index (χ1n) is 5.08. The van der Waals surface area contributed by atoms with Gasteiger partial charge in [0.1, 0.15) is 0 Å². The van der Waals surface area contributed by atoms with Crippen LogP contribution in [-0.4, -0.2) is 31.1 Å². The van der Waals surface area contributed by atoms with E-state index in [1.54, 1.807) is 0 Å². The summed E-state index contributed by atoms with van der Waals surface area (Å²) in [6.45, 7) is 5.46. The van der Waals surface area contributed by atoms with E-state index in [1.807, 2.05) is 24.3 Å². The van der Waals surface area contributed by atoms with Gasteiger partial charge in [0.2, 0.25) is 0 Å². The van der Waals surface area contributed by atoms with Gasteiger partial charge in [0, 0.05) is 32.7 Å². The first-order chi connectivity index (χ1) is 6.84. The Bertz CT molecular complexity index is 275. The maximum absolute atomic E-state index is 7.39. The Kier molecular flexibility index (Phi) is 3.01. The molecule has 1 aliphatic rings. The van der Waals surface area contributed by atoms with Crippen LogP contribution in [0.3, 0.4) is 0 Å². The summed E-state index contributed by atoms with van der Waals surface area (Å²) >= 11 is 0. The summed E-state index contributed by atoms with van der Waals surface area (Å²) in [5.41, 5.74) is 9.29. The van der Waals surface area contributed by atoms with E-state index in [0.717, 1.165) is 32.7 Å². The van der Waals surface area contributed by atoms with Gasteiger partial charge in [-0.3, -0.25) is 4.90 Å². The third-order valence-electron chi connectivity index (χ3n) is 2.57. The molecule has 0 atom stereocenters. The molecule has 14 heavy (non-hydrogen) atoms. The van der Waals surface area contributed by atoms with Gasteiger partial charge in [-0.2, -0.15) is 0 Å². The lowest BCUT2D eigenvalue weighted by Crippen LogP contribution is -2.42. The first kappa shape index (κ1) is 9.49. The Balaban J connectivity index is 1.92. The number of piperazine rings is 1. The van der Waals surface area contributed by atoms with Crippen molar-refractivity contribution in [2.75, 3.05) is 26.2 Å². The van der Waals surface area contributed by atoms with E-state index in [-0.39, 0.29) is 0 Å². The fourth-order valence-corrected chi connectivity index (χ4v) is 1.74. The number of hydrogen-bond acceptors (Lipinski definition) is 2. The van der Waals surface area contributed by atoms with Crippen molar-refractivity contribution in [1.82, 2.24) is 16.0 Å². The van der Waals surface area contributed by atoms with Gasteiger partial charge >= 0.3 is 0 Å². The lowest BCUT2D eigenvalue weighted by atomic mass is 10.2. The largest absolute Gasteiger partial charge is 0.314 e. The third kappa shape index (κ3) is 2.47. The Morgan fingerprint density at radius 1 is 1.14 bits per heavy atom. The van der Waals surface area contributed by atoms with E-state index in [0.29, 0.717) is 5.69 Å². The molecule has 2 rings (SSSR count). The maximum atomic E-state index is 7.39. The summed E-state index contributed by atoms with van der Waals surface area (Å²) < 4.78 is 0. The Labute approximate surface area is 84.9 Å². The fraction of sp³-hybridized carbons (Fsp3) is 0.455. The summed E-state index contributed by atoms with van der Waals surface area (Å²) in [5.74, 6) is 0. The van der Waals surface area contributed by atoms with Gasteiger partial charge in [-0.15, -0.1) is 0 Å². The van der Waals surface area contributed by atoms with Crippen molar-refractivity contribution >= 4 is 5.69 Å². The zero-order valence-electron chi connectivity index (χ0n) is 8.29. The molecule has 0 unspecified atom stereocenters. The predicted molar refractivity (Wildman–Crippen MR) is 57.3 cm³/mol. The van der Waals surface area contributed by atoms with Crippen molar-refractivity contribution < 1.29 is 0 Å². The average molecular weight is 190 g/mol. The van der Waals surface area contributed by atoms with Crippen molar-refractivity contribution in [3.8, 4) is 0 Å². The van der Waals surface area contributed by atoms with Gasteiger partial charge in [-0.1, -0.05) is 12.1 Å². The molecule has 0 aromatic heterocycles. The van der Waals surface area contributed by atoms with Crippen LogP contribution in [0.4, 0.5) is 5.69 Å². The molecule has 1 saturated heterocycles. The van der Waals surface area contributed by atoms with E-state index in [1.165, 1.54) is 5.56 Å². The van der Waals surface area contributed by atoms with E-state index in [9.17, 15) is 0 Å². The number of rotatable bonds is 2. The number of nitrogens with zero attached hydrogens (tertiary/aromatic N) is 1. The van der Waals surface area contributed by atoms with Crippen molar-refractivity contribution in [3.05, 3.63) is 29.8 Å². The highest BCUT2D eigenvalue weighted by Crippen LogP contribution is 2.09. The molecule has 1 fully saturated rings. The lowest BCUT2D eigenvalue weighted by Gasteiger charge is -2.27. The van der Waals surface area contributed by atoms with Crippen LogP contribution in [-0.2, 0) is 6.54 Å². The quantitative estimate of drug-likeness (QED) is 0.756. The summed E-state index contributed by atoms with van der Waals surface area (Å²) in [5, 5.41) is 3.34. The van der Waals surface area contributed by atoms with Crippen LogP contribution in [0.15, 0.2) is 24.3 Å². The molecule has 1 aromatic carbocycles. The van der Waals surface area contributed by atoms with Crippen LogP contribution in [0.2, 0.25) is 0 Å². The van der Waals surface area contributed by atoms with Crippen LogP contribution in [0, 0.1) is 0 Å². The van der Waals surface area contributed by atoms with Crippen molar-refractivity contribution in [1.29, 1.82) is 0 Å². The van der Waals surface area contributed by atoms with Crippen LogP contribution < -0.4 is 11.1 Å².